The molecule has 0 unspecified atom stereocenters. The fourth-order valence-corrected chi connectivity index (χ4v) is 3.72. The highest BCUT2D eigenvalue weighted by Crippen LogP contribution is 2.21. The van der Waals surface area contributed by atoms with Crippen molar-refractivity contribution in [3.05, 3.63) is 58.0 Å². The molecule has 1 amide bonds. The number of benzene rings is 1. The standard InChI is InChI=1S/C23H27ClFN3O4/c24-20-17(6-3-7-18(20)25)22(29)28-19(23(30)31)8-1-2-13-32-14-11-16-10-9-15-5-4-12-26-21(15)27-16/h3,6-7,9-10,19H,1-2,4-5,8,11-14H2,(H,26,27)(H,28,29)(H,30,31)/t19-/m0/s1. The summed E-state index contributed by atoms with van der Waals surface area (Å²) in [7, 11) is 0. The summed E-state index contributed by atoms with van der Waals surface area (Å²) in [6.07, 6.45) is 4.32. The van der Waals surface area contributed by atoms with Crippen LogP contribution in [0.3, 0.4) is 0 Å². The Morgan fingerprint density at radius 3 is 2.91 bits per heavy atom. The van der Waals surface area contributed by atoms with Crippen LogP contribution in [0.25, 0.3) is 0 Å². The first-order valence-electron chi connectivity index (χ1n) is 10.7. The molecule has 3 N–H and O–H groups in total. The minimum Gasteiger partial charge on any atom is -0.480 e. The van der Waals surface area contributed by atoms with Gasteiger partial charge in [0.05, 0.1) is 17.2 Å². The van der Waals surface area contributed by atoms with Crippen molar-refractivity contribution >= 4 is 29.3 Å². The number of carbonyl (C=O) groups is 2. The van der Waals surface area contributed by atoms with E-state index < -0.39 is 23.7 Å². The third kappa shape index (κ3) is 6.64. The summed E-state index contributed by atoms with van der Waals surface area (Å²) in [6.45, 7) is 1.97. The summed E-state index contributed by atoms with van der Waals surface area (Å²) in [5.74, 6) is -1.63. The number of carbonyl (C=O) groups excluding carboxylic acids is 1. The zero-order valence-electron chi connectivity index (χ0n) is 17.7. The van der Waals surface area contributed by atoms with Crippen molar-refractivity contribution in [1.29, 1.82) is 0 Å². The Balaban J connectivity index is 1.35. The molecule has 0 bridgehead atoms. The van der Waals surface area contributed by atoms with Gasteiger partial charge in [0.25, 0.3) is 5.91 Å². The number of hydrogen-bond donors (Lipinski definition) is 3. The molecule has 32 heavy (non-hydrogen) atoms. The van der Waals surface area contributed by atoms with Crippen LogP contribution in [0.4, 0.5) is 10.2 Å². The highest BCUT2D eigenvalue weighted by atomic mass is 35.5. The van der Waals surface area contributed by atoms with Crippen LogP contribution in [0, 0.1) is 5.82 Å². The van der Waals surface area contributed by atoms with Crippen molar-refractivity contribution in [2.45, 2.75) is 44.6 Å². The molecule has 0 saturated heterocycles. The average molecular weight is 464 g/mol. The third-order valence-electron chi connectivity index (χ3n) is 5.29. The number of nitrogens with zero attached hydrogens (tertiary/aromatic N) is 1. The fourth-order valence-electron chi connectivity index (χ4n) is 3.51. The Labute approximate surface area is 191 Å². The third-order valence-corrected chi connectivity index (χ3v) is 5.67. The van der Waals surface area contributed by atoms with Gasteiger partial charge in [-0.15, -0.1) is 0 Å². The van der Waals surface area contributed by atoms with Crippen LogP contribution in [0.1, 0.15) is 47.3 Å². The number of fused-ring (bicyclic) bond motifs is 1. The van der Waals surface area contributed by atoms with Crippen molar-refractivity contribution in [3.63, 3.8) is 0 Å². The van der Waals surface area contributed by atoms with Crippen LogP contribution in [-0.4, -0.2) is 47.8 Å². The predicted molar refractivity (Wildman–Crippen MR) is 120 cm³/mol. The maximum Gasteiger partial charge on any atom is 0.326 e. The molecule has 1 aromatic carbocycles. The summed E-state index contributed by atoms with van der Waals surface area (Å²) in [6, 6.07) is 6.88. The Morgan fingerprint density at radius 1 is 1.25 bits per heavy atom. The lowest BCUT2D eigenvalue weighted by molar-refractivity contribution is -0.139. The van der Waals surface area contributed by atoms with Gasteiger partial charge in [-0.25, -0.2) is 14.2 Å². The van der Waals surface area contributed by atoms with Crippen molar-refractivity contribution < 1.29 is 23.8 Å². The number of aromatic nitrogens is 1. The van der Waals surface area contributed by atoms with E-state index in [2.05, 4.69) is 21.7 Å². The van der Waals surface area contributed by atoms with Gasteiger partial charge in [0.15, 0.2) is 0 Å². The first-order valence-corrected chi connectivity index (χ1v) is 11.1. The molecule has 9 heteroatoms. The van der Waals surface area contributed by atoms with Crippen LogP contribution in [0.2, 0.25) is 5.02 Å². The molecule has 0 aliphatic carbocycles. The number of halogens is 2. The number of unbranched alkanes of at least 4 members (excludes halogenated alkanes) is 1. The van der Waals surface area contributed by atoms with Crippen LogP contribution in [0.15, 0.2) is 30.3 Å². The number of aryl methyl sites for hydroxylation is 1. The molecular formula is C23H27ClFN3O4. The SMILES string of the molecule is O=C(N[C@@H](CCCCOCCc1ccc2c(n1)NCCC2)C(=O)O)c1cccc(F)c1Cl. The summed E-state index contributed by atoms with van der Waals surface area (Å²) >= 11 is 5.80. The molecule has 1 aliphatic rings. The Bertz CT molecular complexity index is 957. The molecule has 1 atom stereocenters. The molecule has 1 aliphatic heterocycles. The lowest BCUT2D eigenvalue weighted by Gasteiger charge is -2.17. The van der Waals surface area contributed by atoms with Gasteiger partial charge in [0.1, 0.15) is 17.7 Å². The van der Waals surface area contributed by atoms with E-state index in [0.717, 1.165) is 37.0 Å². The van der Waals surface area contributed by atoms with Crippen LogP contribution >= 0.6 is 11.6 Å². The van der Waals surface area contributed by atoms with E-state index in [1.54, 1.807) is 0 Å². The second-order valence-corrected chi connectivity index (χ2v) is 8.04. The molecule has 172 valence electrons. The van der Waals surface area contributed by atoms with Crippen molar-refractivity contribution in [2.75, 3.05) is 25.1 Å². The lowest BCUT2D eigenvalue weighted by Crippen LogP contribution is -2.40. The van der Waals surface area contributed by atoms with E-state index in [9.17, 15) is 19.1 Å². The molecule has 2 heterocycles. The van der Waals surface area contributed by atoms with Gasteiger partial charge < -0.3 is 20.5 Å². The minimum atomic E-state index is -1.15. The second-order valence-electron chi connectivity index (χ2n) is 7.66. The summed E-state index contributed by atoms with van der Waals surface area (Å²) in [4.78, 5) is 28.4. The highest BCUT2D eigenvalue weighted by Gasteiger charge is 2.22. The van der Waals surface area contributed by atoms with E-state index in [0.29, 0.717) is 32.5 Å². The van der Waals surface area contributed by atoms with Crippen molar-refractivity contribution in [2.24, 2.45) is 0 Å². The number of pyridine rings is 1. The monoisotopic (exact) mass is 463 g/mol. The molecule has 1 aromatic heterocycles. The van der Waals surface area contributed by atoms with Crippen molar-refractivity contribution in [3.8, 4) is 0 Å². The number of nitrogens with one attached hydrogen (secondary N) is 2. The van der Waals surface area contributed by atoms with E-state index in [-0.39, 0.29) is 17.0 Å². The average Bonchev–Trinajstić information content (AvgIpc) is 2.79. The van der Waals surface area contributed by atoms with Crippen LogP contribution < -0.4 is 10.6 Å². The number of hydrogen-bond acceptors (Lipinski definition) is 5. The summed E-state index contributed by atoms with van der Waals surface area (Å²) in [5, 5.41) is 14.8. The van der Waals surface area contributed by atoms with Gasteiger partial charge in [-0.3, -0.25) is 4.79 Å². The first-order chi connectivity index (χ1) is 15.5. The number of carboxylic acids is 1. The van der Waals surface area contributed by atoms with Gasteiger partial charge in [0.2, 0.25) is 0 Å². The molecule has 0 spiro atoms. The first kappa shape index (κ1) is 23.9. The molecular weight excluding hydrogens is 437 g/mol. The van der Waals surface area contributed by atoms with E-state index >= 15 is 0 Å². The Morgan fingerprint density at radius 2 is 2.09 bits per heavy atom. The molecule has 0 fully saturated rings. The number of anilines is 1. The summed E-state index contributed by atoms with van der Waals surface area (Å²) < 4.78 is 19.2. The largest absolute Gasteiger partial charge is 0.480 e. The smallest absolute Gasteiger partial charge is 0.326 e. The normalized spacial score (nSPS) is 13.7. The quantitative estimate of drug-likeness (QED) is 0.438. The van der Waals surface area contributed by atoms with Gasteiger partial charge in [0, 0.05) is 25.3 Å². The van der Waals surface area contributed by atoms with Crippen molar-refractivity contribution in [1.82, 2.24) is 10.3 Å². The molecule has 0 saturated carbocycles. The Kier molecular flexibility index (Phi) is 8.81. The second kappa shape index (κ2) is 11.8. The number of ether oxygens (including phenoxy) is 1. The lowest BCUT2D eigenvalue weighted by atomic mass is 10.1. The number of aliphatic carboxylic acids is 1. The van der Waals surface area contributed by atoms with Gasteiger partial charge >= 0.3 is 5.97 Å². The topological polar surface area (TPSA) is 101 Å². The van der Waals surface area contributed by atoms with Gasteiger partial charge in [-0.2, -0.15) is 0 Å². The molecule has 2 aromatic rings. The maximum absolute atomic E-state index is 13.5. The van der Waals surface area contributed by atoms with E-state index in [1.807, 2.05) is 6.07 Å². The number of amides is 1. The molecule has 7 nitrogen and oxygen atoms in total. The predicted octanol–water partition coefficient (Wildman–Crippen LogP) is 3.84. The maximum atomic E-state index is 13.5. The number of carboxylic acid groups (broad SMARTS) is 1. The highest BCUT2D eigenvalue weighted by molar-refractivity contribution is 6.34. The van der Waals surface area contributed by atoms with Crippen LogP contribution in [0.5, 0.6) is 0 Å². The molecule has 0 radical (unpaired) electrons. The van der Waals surface area contributed by atoms with Gasteiger partial charge in [-0.1, -0.05) is 23.7 Å². The van der Waals surface area contributed by atoms with Gasteiger partial charge in [-0.05, 0) is 55.9 Å². The summed E-state index contributed by atoms with van der Waals surface area (Å²) in [5.41, 5.74) is 2.13. The Hall–Kier alpha value is -2.71. The zero-order chi connectivity index (χ0) is 22.9. The van der Waals surface area contributed by atoms with E-state index in [1.165, 1.54) is 17.7 Å². The fraction of sp³-hybridized carbons (Fsp3) is 0.435. The minimum absolute atomic E-state index is 0.0905. The van der Waals surface area contributed by atoms with Crippen LogP contribution in [-0.2, 0) is 22.4 Å². The number of rotatable bonds is 11. The van der Waals surface area contributed by atoms with E-state index in [4.69, 9.17) is 16.3 Å². The molecule has 3 rings (SSSR count). The zero-order valence-corrected chi connectivity index (χ0v) is 18.5.